The Morgan fingerprint density at radius 3 is 0.681 bits per heavy atom. The van der Waals surface area contributed by atoms with Gasteiger partial charge in [0.1, 0.15) is 5.75 Å². The van der Waals surface area contributed by atoms with E-state index in [0.717, 1.165) is 73.9 Å². The van der Waals surface area contributed by atoms with Crippen LogP contribution in [0.2, 0.25) is 0 Å². The third kappa shape index (κ3) is 23.9. The molecule has 0 saturated heterocycles. The number of unbranched alkanes of at least 4 members (excludes halogenated alkanes) is 30. The molecule has 0 aliphatic rings. The van der Waals surface area contributed by atoms with Crippen molar-refractivity contribution >= 4 is 32.3 Å². The van der Waals surface area contributed by atoms with Gasteiger partial charge < -0.3 is 29.2 Å². The van der Waals surface area contributed by atoms with Gasteiger partial charge in [0, 0.05) is 0 Å². The molecule has 0 spiro atoms. The van der Waals surface area contributed by atoms with E-state index in [-0.39, 0.29) is 5.48 Å². The Balaban J connectivity index is 0.0000137. The molecule has 4 aromatic carbocycles. The summed E-state index contributed by atoms with van der Waals surface area (Å²) in [6.07, 6.45) is 45.8. The molecule has 0 atom stereocenters. The molecule has 0 amide bonds. The van der Waals surface area contributed by atoms with Crippen LogP contribution in [0.15, 0.2) is 36.4 Å². The molecule has 6 nitrogen and oxygen atoms in total. The lowest BCUT2D eigenvalue weighted by Crippen LogP contribution is -2.05. The van der Waals surface area contributed by atoms with Crippen LogP contribution in [0.25, 0.3) is 32.3 Å². The number of ether oxygens (including phenoxy) is 5. The Hall–Kier alpha value is -3.38. The van der Waals surface area contributed by atoms with Crippen LogP contribution >= 0.6 is 0 Å². The van der Waals surface area contributed by atoms with E-state index >= 15 is 0 Å². The van der Waals surface area contributed by atoms with Gasteiger partial charge in [-0.1, -0.05) is 234 Å². The highest BCUT2D eigenvalue weighted by Crippen LogP contribution is 2.46. The van der Waals surface area contributed by atoms with Crippen LogP contribution in [-0.2, 0) is 6.42 Å². The Kier molecular flexibility index (Phi) is 35.8. The molecule has 4 aromatic rings. The van der Waals surface area contributed by atoms with Gasteiger partial charge in [-0.25, -0.2) is 0 Å². The van der Waals surface area contributed by atoms with E-state index in [2.05, 4.69) is 77.9 Å². The fraction of sp³-hybridized carbons (Fsp3) is 0.727. The molecule has 2 N–H and O–H groups in total. The third-order valence-electron chi connectivity index (χ3n) is 14.8. The number of aryl methyl sites for hydroxylation is 1. The molecule has 410 valence electrons. The van der Waals surface area contributed by atoms with Crippen LogP contribution < -0.4 is 23.7 Å². The lowest BCUT2D eigenvalue weighted by molar-refractivity contribution is 0.259. The van der Waals surface area contributed by atoms with Crippen LogP contribution in [-0.4, -0.2) is 38.5 Å². The Bertz CT molecular complexity index is 1900. The van der Waals surface area contributed by atoms with Crippen molar-refractivity contribution in [3.8, 4) is 28.7 Å². The summed E-state index contributed by atoms with van der Waals surface area (Å²) in [6.45, 7) is 17.3. The number of benzene rings is 4. The van der Waals surface area contributed by atoms with Crippen molar-refractivity contribution in [2.45, 2.75) is 279 Å². The van der Waals surface area contributed by atoms with Gasteiger partial charge in [-0.05, 0) is 119 Å². The highest BCUT2D eigenvalue weighted by molar-refractivity contribution is 6.26. The zero-order valence-electron chi connectivity index (χ0n) is 47.7. The molecule has 0 aliphatic heterocycles. The van der Waals surface area contributed by atoms with Crippen LogP contribution in [0.5, 0.6) is 28.7 Å². The maximum atomic E-state index is 6.91. The predicted octanol–water partition coefficient (Wildman–Crippen LogP) is 20.9. The topological polar surface area (TPSA) is 77.7 Å². The second-order valence-corrected chi connectivity index (χ2v) is 21.3. The summed E-state index contributed by atoms with van der Waals surface area (Å²) in [5.41, 5.74) is 1.33. The van der Waals surface area contributed by atoms with E-state index < -0.39 is 0 Å². The van der Waals surface area contributed by atoms with Gasteiger partial charge in [0.15, 0.2) is 23.0 Å². The second-order valence-electron chi connectivity index (χ2n) is 21.3. The third-order valence-corrected chi connectivity index (χ3v) is 14.8. The predicted molar refractivity (Wildman–Crippen MR) is 314 cm³/mol. The summed E-state index contributed by atoms with van der Waals surface area (Å²) in [5.74, 6) is 4.51. The molecule has 0 bridgehead atoms. The number of hydrogen-bond donors (Lipinski definition) is 0. The summed E-state index contributed by atoms with van der Waals surface area (Å²) < 4.78 is 34.2. The lowest BCUT2D eigenvalue weighted by atomic mass is 9.91. The molecule has 0 aromatic heterocycles. The van der Waals surface area contributed by atoms with Crippen LogP contribution in [0, 0.1) is 0 Å². The van der Waals surface area contributed by atoms with Gasteiger partial charge in [-0.2, -0.15) is 0 Å². The molecule has 0 saturated carbocycles. The van der Waals surface area contributed by atoms with Crippen LogP contribution in [0.4, 0.5) is 0 Å². The van der Waals surface area contributed by atoms with E-state index in [1.54, 1.807) is 0 Å². The number of fused-ring (bicyclic) bond motifs is 6. The first-order valence-corrected chi connectivity index (χ1v) is 30.8. The van der Waals surface area contributed by atoms with Gasteiger partial charge >= 0.3 is 0 Å². The first-order valence-electron chi connectivity index (χ1n) is 30.8. The molecule has 72 heavy (non-hydrogen) atoms. The average Bonchev–Trinajstić information content (AvgIpc) is 3.38. The fourth-order valence-electron chi connectivity index (χ4n) is 10.3. The average molecular weight is 1000 g/mol. The van der Waals surface area contributed by atoms with Crippen molar-refractivity contribution in [2.24, 2.45) is 0 Å². The van der Waals surface area contributed by atoms with Gasteiger partial charge in [0.2, 0.25) is 0 Å². The van der Waals surface area contributed by atoms with E-state index in [4.69, 9.17) is 23.7 Å². The van der Waals surface area contributed by atoms with Crippen molar-refractivity contribution in [2.75, 3.05) is 33.0 Å². The van der Waals surface area contributed by atoms with Crippen molar-refractivity contribution in [3.63, 3.8) is 0 Å². The maximum Gasteiger partial charge on any atom is 0.161 e. The molecule has 0 heterocycles. The first-order chi connectivity index (χ1) is 35.1. The largest absolute Gasteiger partial charge is 0.493 e. The standard InChI is InChI=1S/C66H108O5.H2O/c1-7-13-19-25-31-37-43-55-49-56-57(50-62(55)67-44-38-32-26-20-14-8-2)59-52-64(69-46-40-34-28-22-16-10-4)66(71-48-42-36-30-24-18-12-6)54-61(59)60-53-65(70-47-41-35-29-23-17-11-5)63(51-58(56)60)68-45-39-33-27-21-15-9-3;/h49-54H,7-48H2,1-6H3;1H2. The molecule has 4 rings (SSSR count). The smallest absolute Gasteiger partial charge is 0.161 e. The first kappa shape index (κ1) is 62.9. The van der Waals surface area contributed by atoms with Gasteiger partial charge in [0.25, 0.3) is 0 Å². The summed E-state index contributed by atoms with van der Waals surface area (Å²) in [7, 11) is 0. The minimum Gasteiger partial charge on any atom is -0.493 e. The van der Waals surface area contributed by atoms with E-state index in [1.165, 1.54) is 237 Å². The molecule has 0 fully saturated rings. The summed E-state index contributed by atoms with van der Waals surface area (Å²) in [4.78, 5) is 0. The van der Waals surface area contributed by atoms with Crippen molar-refractivity contribution in [1.82, 2.24) is 0 Å². The van der Waals surface area contributed by atoms with Crippen molar-refractivity contribution in [1.29, 1.82) is 0 Å². The highest BCUT2D eigenvalue weighted by Gasteiger charge is 2.20. The van der Waals surface area contributed by atoms with E-state index in [1.807, 2.05) is 0 Å². The van der Waals surface area contributed by atoms with Crippen molar-refractivity contribution < 1.29 is 29.2 Å². The van der Waals surface area contributed by atoms with Gasteiger partial charge in [0.05, 0.1) is 33.0 Å². The minimum absolute atomic E-state index is 0. The Morgan fingerprint density at radius 1 is 0.222 bits per heavy atom. The Labute approximate surface area is 442 Å². The molecule has 0 aliphatic carbocycles. The molecular formula is C66H110O6. The number of hydrogen-bond acceptors (Lipinski definition) is 5. The monoisotopic (exact) mass is 999 g/mol. The molecular weight excluding hydrogens is 889 g/mol. The van der Waals surface area contributed by atoms with Crippen LogP contribution in [0.1, 0.15) is 278 Å². The van der Waals surface area contributed by atoms with Crippen molar-refractivity contribution in [3.05, 3.63) is 42.0 Å². The summed E-state index contributed by atoms with van der Waals surface area (Å²) >= 11 is 0. The normalized spacial score (nSPS) is 11.5. The highest BCUT2D eigenvalue weighted by atomic mass is 16.5. The van der Waals surface area contributed by atoms with E-state index in [9.17, 15) is 0 Å². The SMILES string of the molecule is CCCCCCCCOc1cc2c(cc1CCCCCCCC)c1cc(OCCCCCCCC)c(OCCCCCCCC)cc1c1cc(OCCCCCCCC)c(OCCCCCCCC)cc21.O. The zero-order chi connectivity index (χ0) is 50.4. The molecule has 0 unspecified atom stereocenters. The molecule has 6 heteroatoms. The van der Waals surface area contributed by atoms with Crippen LogP contribution in [0.3, 0.4) is 0 Å². The zero-order valence-corrected chi connectivity index (χ0v) is 47.7. The lowest BCUT2D eigenvalue weighted by Gasteiger charge is -2.21. The summed E-state index contributed by atoms with van der Waals surface area (Å²) in [5, 5.41) is 7.24. The van der Waals surface area contributed by atoms with Gasteiger partial charge in [-0.3, -0.25) is 0 Å². The fourth-order valence-corrected chi connectivity index (χ4v) is 10.3. The quantitative estimate of drug-likeness (QED) is 0.0325. The number of rotatable bonds is 47. The van der Waals surface area contributed by atoms with Gasteiger partial charge in [-0.15, -0.1) is 0 Å². The van der Waals surface area contributed by atoms with E-state index in [0.29, 0.717) is 26.4 Å². The maximum absolute atomic E-state index is 6.91. The minimum atomic E-state index is 0. The Morgan fingerprint density at radius 2 is 0.417 bits per heavy atom. The molecule has 0 radical (unpaired) electrons. The summed E-state index contributed by atoms with van der Waals surface area (Å²) in [6, 6.07) is 14.2. The second kappa shape index (κ2) is 40.9.